The van der Waals surface area contributed by atoms with E-state index < -0.39 is 0 Å². The molecule has 0 bridgehead atoms. The summed E-state index contributed by atoms with van der Waals surface area (Å²) in [6.07, 6.45) is 2.08. The first kappa shape index (κ1) is 12.0. The topological polar surface area (TPSA) is 58.6 Å². The fourth-order valence-corrected chi connectivity index (χ4v) is 2.13. The lowest BCUT2D eigenvalue weighted by atomic mass is 10.1. The van der Waals surface area contributed by atoms with Gasteiger partial charge < -0.3 is 10.1 Å². The van der Waals surface area contributed by atoms with Crippen molar-refractivity contribution >= 4 is 17.5 Å². The van der Waals surface area contributed by atoms with Gasteiger partial charge in [-0.25, -0.2) is 0 Å². The summed E-state index contributed by atoms with van der Waals surface area (Å²) in [5, 5.41) is 2.89. The SMILES string of the molecule is Cc1ccc2c(c1)N(CC(=O)NC1CC1)C(=O)CO2. The van der Waals surface area contributed by atoms with Gasteiger partial charge in [-0.3, -0.25) is 14.5 Å². The van der Waals surface area contributed by atoms with Crippen LogP contribution >= 0.6 is 0 Å². The number of nitrogens with zero attached hydrogens (tertiary/aromatic N) is 1. The van der Waals surface area contributed by atoms with Crippen LogP contribution < -0.4 is 15.0 Å². The molecule has 2 amide bonds. The van der Waals surface area contributed by atoms with Gasteiger partial charge in [-0.1, -0.05) is 6.07 Å². The lowest BCUT2D eigenvalue weighted by molar-refractivity contribution is -0.125. The maximum atomic E-state index is 11.9. The molecule has 0 radical (unpaired) electrons. The predicted molar refractivity (Wildman–Crippen MR) is 70.2 cm³/mol. The summed E-state index contributed by atoms with van der Waals surface area (Å²) in [6.45, 7) is 2.00. The zero-order chi connectivity index (χ0) is 13.4. The van der Waals surface area contributed by atoms with Crippen molar-refractivity contribution < 1.29 is 14.3 Å². The van der Waals surface area contributed by atoms with Crippen molar-refractivity contribution in [1.82, 2.24) is 5.32 Å². The Morgan fingerprint density at radius 2 is 2.26 bits per heavy atom. The smallest absolute Gasteiger partial charge is 0.265 e. The second-order valence-corrected chi connectivity index (χ2v) is 5.08. The number of hydrogen-bond donors (Lipinski definition) is 1. The molecule has 1 aromatic rings. The fourth-order valence-electron chi connectivity index (χ4n) is 2.13. The minimum Gasteiger partial charge on any atom is -0.482 e. The van der Waals surface area contributed by atoms with Crippen LogP contribution in [0.25, 0.3) is 0 Å². The lowest BCUT2D eigenvalue weighted by Gasteiger charge is -2.29. The summed E-state index contributed by atoms with van der Waals surface area (Å²) in [4.78, 5) is 25.3. The van der Waals surface area contributed by atoms with Crippen molar-refractivity contribution in [3.63, 3.8) is 0 Å². The van der Waals surface area contributed by atoms with Crippen LogP contribution in [0.4, 0.5) is 5.69 Å². The van der Waals surface area contributed by atoms with Crippen LogP contribution in [0.1, 0.15) is 18.4 Å². The third-order valence-corrected chi connectivity index (χ3v) is 3.30. The second kappa shape index (κ2) is 4.57. The average Bonchev–Trinajstić information content (AvgIpc) is 3.17. The van der Waals surface area contributed by atoms with E-state index in [-0.39, 0.29) is 25.0 Å². The molecule has 5 heteroatoms. The lowest BCUT2D eigenvalue weighted by Crippen LogP contribution is -2.45. The molecule has 1 heterocycles. The predicted octanol–water partition coefficient (Wildman–Crippen LogP) is 0.999. The van der Waals surface area contributed by atoms with Crippen molar-refractivity contribution in [3.8, 4) is 5.75 Å². The van der Waals surface area contributed by atoms with E-state index in [0.717, 1.165) is 18.4 Å². The standard InChI is InChI=1S/C14H16N2O3/c1-9-2-5-12-11(6-9)16(14(18)8-19-12)7-13(17)15-10-3-4-10/h2,5-6,10H,3-4,7-8H2,1H3,(H,15,17). The van der Waals surface area contributed by atoms with E-state index in [4.69, 9.17) is 4.74 Å². The molecular formula is C14H16N2O3. The molecular weight excluding hydrogens is 244 g/mol. The molecule has 1 N–H and O–H groups in total. The van der Waals surface area contributed by atoms with Gasteiger partial charge in [0, 0.05) is 6.04 Å². The van der Waals surface area contributed by atoms with Gasteiger partial charge in [0.2, 0.25) is 5.91 Å². The zero-order valence-corrected chi connectivity index (χ0v) is 10.8. The monoisotopic (exact) mass is 260 g/mol. The largest absolute Gasteiger partial charge is 0.482 e. The molecule has 2 aliphatic rings. The molecule has 1 fully saturated rings. The first-order valence-electron chi connectivity index (χ1n) is 6.46. The van der Waals surface area contributed by atoms with Crippen molar-refractivity contribution in [2.45, 2.75) is 25.8 Å². The molecule has 5 nitrogen and oxygen atoms in total. The molecule has 0 aromatic heterocycles. The molecule has 19 heavy (non-hydrogen) atoms. The van der Waals surface area contributed by atoms with Crippen molar-refractivity contribution in [1.29, 1.82) is 0 Å². The number of ether oxygens (including phenoxy) is 1. The van der Waals surface area contributed by atoms with Crippen molar-refractivity contribution in [2.75, 3.05) is 18.1 Å². The van der Waals surface area contributed by atoms with Crippen LogP contribution in [0.3, 0.4) is 0 Å². The quantitative estimate of drug-likeness (QED) is 0.882. The zero-order valence-electron chi connectivity index (χ0n) is 10.8. The van der Waals surface area contributed by atoms with Crippen LogP contribution in [0.2, 0.25) is 0 Å². The third kappa shape index (κ3) is 2.54. The molecule has 1 aliphatic heterocycles. The summed E-state index contributed by atoms with van der Waals surface area (Å²) in [7, 11) is 0. The van der Waals surface area contributed by atoms with E-state index >= 15 is 0 Å². The Morgan fingerprint density at radius 1 is 1.47 bits per heavy atom. The Hall–Kier alpha value is -2.04. The van der Waals surface area contributed by atoms with E-state index in [1.807, 2.05) is 25.1 Å². The summed E-state index contributed by atoms with van der Waals surface area (Å²) in [5.41, 5.74) is 1.71. The van der Waals surface area contributed by atoms with Crippen molar-refractivity contribution in [3.05, 3.63) is 23.8 Å². The third-order valence-electron chi connectivity index (χ3n) is 3.30. The van der Waals surface area contributed by atoms with Crippen LogP contribution in [0, 0.1) is 6.92 Å². The molecule has 0 unspecified atom stereocenters. The molecule has 1 aliphatic carbocycles. The molecule has 1 saturated carbocycles. The van der Waals surface area contributed by atoms with Crippen LogP contribution in [-0.4, -0.2) is 31.0 Å². The maximum Gasteiger partial charge on any atom is 0.265 e. The number of hydrogen-bond acceptors (Lipinski definition) is 3. The number of carbonyl (C=O) groups excluding carboxylic acids is 2. The Bertz CT molecular complexity index is 537. The highest BCUT2D eigenvalue weighted by Gasteiger charge is 2.29. The van der Waals surface area contributed by atoms with E-state index in [0.29, 0.717) is 17.5 Å². The number of nitrogens with one attached hydrogen (secondary N) is 1. The number of anilines is 1. The number of carbonyl (C=O) groups is 2. The Morgan fingerprint density at radius 3 is 3.00 bits per heavy atom. The summed E-state index contributed by atoms with van der Waals surface area (Å²) < 4.78 is 5.37. The molecule has 0 spiro atoms. The summed E-state index contributed by atoms with van der Waals surface area (Å²) in [6, 6.07) is 5.94. The van der Waals surface area contributed by atoms with Gasteiger partial charge in [-0.05, 0) is 37.5 Å². The van der Waals surface area contributed by atoms with Gasteiger partial charge in [0.25, 0.3) is 5.91 Å². The first-order chi connectivity index (χ1) is 9.13. The highest BCUT2D eigenvalue weighted by molar-refractivity contribution is 6.02. The first-order valence-corrected chi connectivity index (χ1v) is 6.46. The van der Waals surface area contributed by atoms with Crippen LogP contribution in [0.15, 0.2) is 18.2 Å². The maximum absolute atomic E-state index is 11.9. The van der Waals surface area contributed by atoms with Crippen LogP contribution in [-0.2, 0) is 9.59 Å². The molecule has 3 rings (SSSR count). The van der Waals surface area contributed by atoms with Gasteiger partial charge in [0.05, 0.1) is 5.69 Å². The van der Waals surface area contributed by atoms with E-state index in [1.54, 1.807) is 0 Å². The van der Waals surface area contributed by atoms with Crippen LogP contribution in [0.5, 0.6) is 5.75 Å². The van der Waals surface area contributed by atoms with Gasteiger partial charge in [0.15, 0.2) is 6.61 Å². The molecule has 0 saturated heterocycles. The Balaban J connectivity index is 1.81. The van der Waals surface area contributed by atoms with Gasteiger partial charge in [0.1, 0.15) is 12.3 Å². The highest BCUT2D eigenvalue weighted by atomic mass is 16.5. The fraction of sp³-hybridized carbons (Fsp3) is 0.429. The minimum atomic E-state index is -0.177. The minimum absolute atomic E-state index is 0.00717. The number of amides is 2. The second-order valence-electron chi connectivity index (χ2n) is 5.08. The van der Waals surface area contributed by atoms with Crippen molar-refractivity contribution in [2.24, 2.45) is 0 Å². The number of fused-ring (bicyclic) bond motifs is 1. The summed E-state index contributed by atoms with van der Waals surface area (Å²) >= 11 is 0. The van der Waals surface area contributed by atoms with Gasteiger partial charge in [-0.15, -0.1) is 0 Å². The number of rotatable bonds is 3. The van der Waals surface area contributed by atoms with E-state index in [2.05, 4.69) is 5.32 Å². The normalized spacial score (nSPS) is 17.7. The van der Waals surface area contributed by atoms with Gasteiger partial charge in [-0.2, -0.15) is 0 Å². The Labute approximate surface area is 111 Å². The average molecular weight is 260 g/mol. The molecule has 1 aromatic carbocycles. The van der Waals surface area contributed by atoms with Gasteiger partial charge >= 0.3 is 0 Å². The highest BCUT2D eigenvalue weighted by Crippen LogP contribution is 2.32. The molecule has 100 valence electrons. The summed E-state index contributed by atoms with van der Waals surface area (Å²) in [5.74, 6) is 0.374. The number of aryl methyl sites for hydroxylation is 1. The Kier molecular flexibility index (Phi) is 2.89. The number of benzene rings is 1. The molecule has 0 atom stereocenters. The van der Waals surface area contributed by atoms with E-state index in [1.165, 1.54) is 4.90 Å². The van der Waals surface area contributed by atoms with E-state index in [9.17, 15) is 9.59 Å².